The molecule has 0 unspecified atom stereocenters. The fraction of sp³-hybridized carbons (Fsp3) is 0.353. The molecule has 0 saturated carbocycles. The number of halogens is 1. The first-order chi connectivity index (χ1) is 12.1. The molecule has 25 heavy (non-hydrogen) atoms. The van der Waals surface area contributed by atoms with Crippen molar-refractivity contribution in [3.05, 3.63) is 47.1 Å². The number of amides is 1. The first-order valence-electron chi connectivity index (χ1n) is 8.12. The summed E-state index contributed by atoms with van der Waals surface area (Å²) in [5, 5.41) is 10.8. The van der Waals surface area contributed by atoms with Crippen LogP contribution < -0.4 is 16.0 Å². The Balaban J connectivity index is 1.54. The van der Waals surface area contributed by atoms with Crippen LogP contribution in [0, 0.1) is 0 Å². The van der Waals surface area contributed by atoms with Crippen molar-refractivity contribution in [1.29, 1.82) is 0 Å². The van der Waals surface area contributed by atoms with Crippen molar-refractivity contribution in [2.24, 2.45) is 0 Å². The number of hydrogen-bond donors (Lipinski definition) is 2. The van der Waals surface area contributed by atoms with Gasteiger partial charge in [-0.15, -0.1) is 10.2 Å². The fourth-order valence-electron chi connectivity index (χ4n) is 2.87. The monoisotopic (exact) mass is 361 g/mol. The molecule has 1 aliphatic rings. The van der Waals surface area contributed by atoms with Crippen molar-refractivity contribution in [3.8, 4) is 0 Å². The molecule has 0 radical (unpaired) electrons. The van der Waals surface area contributed by atoms with Crippen LogP contribution in [-0.4, -0.2) is 35.4 Å². The molecule has 1 aromatic carbocycles. The van der Waals surface area contributed by atoms with Gasteiger partial charge in [0.05, 0.1) is 5.69 Å². The second kappa shape index (κ2) is 8.02. The van der Waals surface area contributed by atoms with Gasteiger partial charge in [-0.3, -0.25) is 0 Å². The van der Waals surface area contributed by atoms with Gasteiger partial charge in [0.2, 0.25) is 0 Å². The molecule has 0 bridgehead atoms. The Labute approximate surface area is 151 Å². The highest BCUT2D eigenvalue weighted by Gasteiger charge is 2.24. The number of piperidine rings is 1. The zero-order chi connectivity index (χ0) is 17.6. The molecule has 3 rings (SSSR count). The summed E-state index contributed by atoms with van der Waals surface area (Å²) in [5.41, 5.74) is 7.59. The van der Waals surface area contributed by atoms with E-state index in [1.807, 2.05) is 30.3 Å². The summed E-state index contributed by atoms with van der Waals surface area (Å²) in [7, 11) is 0. The van der Waals surface area contributed by atoms with E-state index in [1.165, 1.54) is 0 Å². The quantitative estimate of drug-likeness (QED) is 0.869. The maximum absolute atomic E-state index is 12.0. The van der Waals surface area contributed by atoms with Gasteiger partial charge in [-0.05, 0) is 18.4 Å². The molecule has 8 heteroatoms. The first-order valence-corrected chi connectivity index (χ1v) is 8.50. The van der Waals surface area contributed by atoms with E-state index in [0.717, 1.165) is 30.6 Å². The number of benzene rings is 1. The molecule has 1 amide bonds. The number of nitrogens with one attached hydrogen (secondary N) is 1. The van der Waals surface area contributed by atoms with Gasteiger partial charge in [0.25, 0.3) is 0 Å². The summed E-state index contributed by atoms with van der Waals surface area (Å²) in [6.07, 6.45) is 1.38. The highest BCUT2D eigenvalue weighted by molar-refractivity contribution is 6.29. The fourth-order valence-corrected chi connectivity index (χ4v) is 3.01. The number of anilines is 2. The van der Waals surface area contributed by atoms with Gasteiger partial charge in [0, 0.05) is 25.2 Å². The summed E-state index contributed by atoms with van der Waals surface area (Å²) in [6.45, 7) is 1.69. The van der Waals surface area contributed by atoms with Crippen LogP contribution in [0.5, 0.6) is 0 Å². The average Bonchev–Trinajstić information content (AvgIpc) is 2.63. The molecule has 1 aromatic heterocycles. The Hall–Kier alpha value is -2.54. The van der Waals surface area contributed by atoms with Crippen LogP contribution in [0.2, 0.25) is 5.15 Å². The molecular weight excluding hydrogens is 342 g/mol. The molecule has 0 spiro atoms. The van der Waals surface area contributed by atoms with Crippen LogP contribution in [-0.2, 0) is 11.3 Å². The highest BCUT2D eigenvalue weighted by atomic mass is 35.5. The zero-order valence-corrected chi connectivity index (χ0v) is 14.4. The largest absolute Gasteiger partial charge is 0.445 e. The van der Waals surface area contributed by atoms with Gasteiger partial charge in [-0.25, -0.2) is 4.79 Å². The van der Waals surface area contributed by atoms with Crippen molar-refractivity contribution >= 4 is 29.2 Å². The van der Waals surface area contributed by atoms with Crippen LogP contribution in [0.3, 0.4) is 0 Å². The SMILES string of the molecule is Nc1nnc(Cl)cc1N1CCC[C@@H](NC(=O)OCc2ccccc2)C1. The van der Waals surface area contributed by atoms with E-state index in [9.17, 15) is 4.79 Å². The molecular formula is C17H20ClN5O2. The number of carbonyl (C=O) groups excluding carboxylic acids is 1. The number of hydrogen-bond acceptors (Lipinski definition) is 6. The van der Waals surface area contributed by atoms with E-state index in [-0.39, 0.29) is 12.6 Å². The first kappa shape index (κ1) is 17.3. The number of alkyl carbamates (subject to hydrolysis) is 1. The smallest absolute Gasteiger partial charge is 0.407 e. The molecule has 1 fully saturated rings. The lowest BCUT2D eigenvalue weighted by Crippen LogP contribution is -2.48. The second-order valence-electron chi connectivity index (χ2n) is 5.93. The van der Waals surface area contributed by atoms with Gasteiger partial charge < -0.3 is 20.7 Å². The maximum Gasteiger partial charge on any atom is 0.407 e. The molecule has 2 aromatic rings. The third kappa shape index (κ3) is 4.73. The number of carbonyl (C=O) groups is 1. The normalized spacial score (nSPS) is 17.2. The predicted molar refractivity (Wildman–Crippen MR) is 96.5 cm³/mol. The Morgan fingerprint density at radius 2 is 2.16 bits per heavy atom. The van der Waals surface area contributed by atoms with E-state index in [1.54, 1.807) is 6.07 Å². The minimum Gasteiger partial charge on any atom is -0.445 e. The molecule has 1 aliphatic heterocycles. The van der Waals surface area contributed by atoms with Gasteiger partial charge >= 0.3 is 6.09 Å². The summed E-state index contributed by atoms with van der Waals surface area (Å²) < 4.78 is 5.28. The number of nitrogen functional groups attached to an aromatic ring is 1. The van der Waals surface area contributed by atoms with E-state index in [2.05, 4.69) is 20.4 Å². The van der Waals surface area contributed by atoms with E-state index < -0.39 is 6.09 Å². The topological polar surface area (TPSA) is 93.4 Å². The van der Waals surface area contributed by atoms with Gasteiger partial charge in [-0.2, -0.15) is 0 Å². The summed E-state index contributed by atoms with van der Waals surface area (Å²) in [6, 6.07) is 11.2. The molecule has 3 N–H and O–H groups in total. The lowest BCUT2D eigenvalue weighted by molar-refractivity contribution is 0.134. The summed E-state index contributed by atoms with van der Waals surface area (Å²) in [5.74, 6) is 0.330. The Bertz CT molecular complexity index is 728. The summed E-state index contributed by atoms with van der Waals surface area (Å²) >= 11 is 5.91. The van der Waals surface area contributed by atoms with Crippen LogP contribution in [0.4, 0.5) is 16.3 Å². The predicted octanol–water partition coefficient (Wildman–Crippen LogP) is 2.61. The lowest BCUT2D eigenvalue weighted by Gasteiger charge is -2.34. The average molecular weight is 362 g/mol. The van der Waals surface area contributed by atoms with Crippen LogP contribution >= 0.6 is 11.6 Å². The van der Waals surface area contributed by atoms with E-state index in [4.69, 9.17) is 22.1 Å². The maximum atomic E-state index is 12.0. The zero-order valence-electron chi connectivity index (χ0n) is 13.7. The van der Waals surface area contributed by atoms with Crippen molar-refractivity contribution in [2.45, 2.75) is 25.5 Å². The van der Waals surface area contributed by atoms with Crippen LogP contribution in [0.25, 0.3) is 0 Å². The van der Waals surface area contributed by atoms with Crippen molar-refractivity contribution in [1.82, 2.24) is 15.5 Å². The van der Waals surface area contributed by atoms with Crippen molar-refractivity contribution in [3.63, 3.8) is 0 Å². The lowest BCUT2D eigenvalue weighted by atomic mass is 10.1. The molecule has 2 heterocycles. The number of ether oxygens (including phenoxy) is 1. The third-order valence-corrected chi connectivity index (χ3v) is 4.25. The van der Waals surface area contributed by atoms with Gasteiger partial charge in [0.1, 0.15) is 6.61 Å². The summed E-state index contributed by atoms with van der Waals surface area (Å²) in [4.78, 5) is 14.1. The van der Waals surface area contributed by atoms with Gasteiger partial charge in [-0.1, -0.05) is 41.9 Å². The molecule has 0 aliphatic carbocycles. The third-order valence-electron chi connectivity index (χ3n) is 4.07. The molecule has 7 nitrogen and oxygen atoms in total. The second-order valence-corrected chi connectivity index (χ2v) is 6.32. The number of aromatic nitrogens is 2. The van der Waals surface area contributed by atoms with Crippen molar-refractivity contribution < 1.29 is 9.53 Å². The number of rotatable bonds is 4. The molecule has 1 atom stereocenters. The Kier molecular flexibility index (Phi) is 5.55. The Morgan fingerprint density at radius 1 is 1.36 bits per heavy atom. The van der Waals surface area contributed by atoms with E-state index >= 15 is 0 Å². The van der Waals surface area contributed by atoms with E-state index in [0.29, 0.717) is 17.5 Å². The van der Waals surface area contributed by atoms with Crippen LogP contribution in [0.15, 0.2) is 36.4 Å². The minimum atomic E-state index is -0.422. The standard InChI is InChI=1S/C17H20ClN5O2/c18-15-9-14(16(19)22-21-15)23-8-4-7-13(10-23)20-17(24)25-11-12-5-2-1-3-6-12/h1-3,5-6,9,13H,4,7-8,10-11H2,(H2,19,22)(H,20,24)/t13-/m1/s1. The van der Waals surface area contributed by atoms with Crippen LogP contribution in [0.1, 0.15) is 18.4 Å². The molecule has 1 saturated heterocycles. The Morgan fingerprint density at radius 3 is 2.96 bits per heavy atom. The molecule has 132 valence electrons. The highest BCUT2D eigenvalue weighted by Crippen LogP contribution is 2.26. The minimum absolute atomic E-state index is 0.0247. The van der Waals surface area contributed by atoms with Crippen molar-refractivity contribution in [2.75, 3.05) is 23.7 Å². The number of nitrogens with two attached hydrogens (primary N) is 1. The van der Waals surface area contributed by atoms with Gasteiger partial charge in [0.15, 0.2) is 11.0 Å². The number of nitrogens with zero attached hydrogens (tertiary/aromatic N) is 3.